The predicted octanol–water partition coefficient (Wildman–Crippen LogP) is 2.91. The van der Waals surface area contributed by atoms with E-state index < -0.39 is 12.1 Å². The number of nitrogens with zero attached hydrogens (tertiary/aromatic N) is 4. The number of rotatable bonds is 4. The number of carboxylic acids is 1. The summed E-state index contributed by atoms with van der Waals surface area (Å²) in [5.41, 5.74) is 1.78. The molecular weight excluding hydrogens is 415 g/mol. The fourth-order valence-electron chi connectivity index (χ4n) is 2.53. The van der Waals surface area contributed by atoms with E-state index in [1.807, 2.05) is 23.2 Å². The largest absolute Gasteiger partial charge is 0.490 e. The molecule has 1 aliphatic rings. The summed E-state index contributed by atoms with van der Waals surface area (Å²) in [6.45, 7) is 0. The normalized spacial score (nSPS) is 17.9. The summed E-state index contributed by atoms with van der Waals surface area (Å²) < 4.78 is 38.7. The second-order valence-electron chi connectivity index (χ2n) is 6.08. The molecule has 1 fully saturated rings. The van der Waals surface area contributed by atoms with Crippen LogP contribution in [0, 0.1) is 5.92 Å². The number of amides is 1. The van der Waals surface area contributed by atoms with Gasteiger partial charge in [-0.25, -0.2) is 14.8 Å². The molecule has 29 heavy (non-hydrogen) atoms. The number of imidazole rings is 1. The summed E-state index contributed by atoms with van der Waals surface area (Å²) in [5.74, 6) is -1.91. The summed E-state index contributed by atoms with van der Waals surface area (Å²) >= 11 is 1.37. The van der Waals surface area contributed by atoms with Crippen molar-refractivity contribution in [3.05, 3.63) is 35.9 Å². The number of alkyl halides is 3. The Morgan fingerprint density at radius 3 is 2.69 bits per heavy atom. The number of carboxylic acid groups (broad SMARTS) is 1. The number of aryl methyl sites for hydroxylation is 1. The molecule has 0 aromatic carbocycles. The molecule has 13 heteroatoms. The minimum Gasteiger partial charge on any atom is -0.475 e. The first-order valence-electron chi connectivity index (χ1n) is 8.10. The van der Waals surface area contributed by atoms with Crippen LogP contribution in [0.15, 0.2) is 34.7 Å². The lowest BCUT2D eigenvalue weighted by Crippen LogP contribution is -2.21. The summed E-state index contributed by atoms with van der Waals surface area (Å²) in [6.07, 6.45) is 0.914. The second-order valence-corrected chi connectivity index (χ2v) is 6.94. The Morgan fingerprint density at radius 1 is 1.41 bits per heavy atom. The van der Waals surface area contributed by atoms with Crippen molar-refractivity contribution in [2.75, 3.05) is 5.32 Å². The Kier molecular flexibility index (Phi) is 5.68. The highest BCUT2D eigenvalue weighted by atomic mass is 32.1. The number of aliphatic carboxylic acids is 1. The maximum Gasteiger partial charge on any atom is 0.490 e. The van der Waals surface area contributed by atoms with E-state index in [0.717, 1.165) is 12.1 Å². The van der Waals surface area contributed by atoms with Gasteiger partial charge in [0.05, 0.1) is 12.5 Å². The van der Waals surface area contributed by atoms with Gasteiger partial charge in [-0.3, -0.25) is 4.79 Å². The van der Waals surface area contributed by atoms with Gasteiger partial charge >= 0.3 is 12.1 Å². The number of carbonyl (C=O) groups is 2. The van der Waals surface area contributed by atoms with E-state index >= 15 is 0 Å². The van der Waals surface area contributed by atoms with Gasteiger partial charge in [-0.2, -0.15) is 13.2 Å². The number of aromatic nitrogens is 4. The summed E-state index contributed by atoms with van der Waals surface area (Å²) in [6, 6.07) is 1.74. The standard InChI is InChI=1S/C14H13N5O2S.C2HF3O2/c1-19-7-15-5-11(19)8-4-9(8)13(20)18-14-17-10(6-22-14)12-2-3-16-21-12;3-2(4,5)1(6)7/h2-3,5-9H,4H2,1H3,(H,17,18,20);(H,6,7)/t8-,9-;/m1./s1. The number of anilines is 1. The van der Waals surface area contributed by atoms with E-state index in [2.05, 4.69) is 20.4 Å². The van der Waals surface area contributed by atoms with E-state index in [9.17, 15) is 18.0 Å². The van der Waals surface area contributed by atoms with Crippen LogP contribution in [0.25, 0.3) is 11.5 Å². The van der Waals surface area contributed by atoms with Crippen molar-refractivity contribution < 1.29 is 32.4 Å². The molecule has 1 aliphatic carbocycles. The van der Waals surface area contributed by atoms with Crippen molar-refractivity contribution >= 4 is 28.3 Å². The molecule has 0 saturated heterocycles. The van der Waals surface area contributed by atoms with Crippen LogP contribution in [0.4, 0.5) is 18.3 Å². The van der Waals surface area contributed by atoms with Gasteiger partial charge in [-0.15, -0.1) is 11.3 Å². The molecule has 3 aromatic rings. The van der Waals surface area contributed by atoms with E-state index in [1.54, 1.807) is 18.6 Å². The summed E-state index contributed by atoms with van der Waals surface area (Å²) in [5, 5.41) is 16.1. The van der Waals surface area contributed by atoms with Crippen LogP contribution in [0.1, 0.15) is 18.0 Å². The molecule has 9 nitrogen and oxygen atoms in total. The number of nitrogens with one attached hydrogen (secondary N) is 1. The molecule has 4 rings (SSSR count). The Morgan fingerprint density at radius 2 is 2.14 bits per heavy atom. The first kappa shape index (κ1) is 20.5. The molecule has 3 aromatic heterocycles. The predicted molar refractivity (Wildman–Crippen MR) is 94.0 cm³/mol. The molecule has 2 atom stereocenters. The molecular formula is C16H14F3N5O4S. The zero-order chi connectivity index (χ0) is 21.2. The third-order valence-corrected chi connectivity index (χ3v) is 4.79. The van der Waals surface area contributed by atoms with Gasteiger partial charge in [0.25, 0.3) is 0 Å². The number of halogens is 3. The van der Waals surface area contributed by atoms with Crippen LogP contribution in [-0.2, 0) is 16.6 Å². The first-order chi connectivity index (χ1) is 13.7. The molecule has 2 N–H and O–H groups in total. The highest BCUT2D eigenvalue weighted by molar-refractivity contribution is 7.14. The lowest BCUT2D eigenvalue weighted by molar-refractivity contribution is -0.192. The zero-order valence-corrected chi connectivity index (χ0v) is 15.6. The highest BCUT2D eigenvalue weighted by Crippen LogP contribution is 2.47. The highest BCUT2D eigenvalue weighted by Gasteiger charge is 2.45. The van der Waals surface area contributed by atoms with Crippen LogP contribution < -0.4 is 5.32 Å². The number of hydrogen-bond acceptors (Lipinski definition) is 7. The van der Waals surface area contributed by atoms with Gasteiger partial charge < -0.3 is 19.5 Å². The Labute approximate surface area is 165 Å². The molecule has 0 radical (unpaired) electrons. The fraction of sp³-hybridized carbons (Fsp3) is 0.312. The average Bonchev–Trinajstić information content (AvgIpc) is 3.03. The molecule has 1 amide bonds. The van der Waals surface area contributed by atoms with Crippen molar-refractivity contribution in [2.45, 2.75) is 18.5 Å². The third kappa shape index (κ3) is 4.99. The Hall–Kier alpha value is -3.22. The average molecular weight is 429 g/mol. The van der Waals surface area contributed by atoms with Gasteiger partial charge in [-0.05, 0) is 6.42 Å². The van der Waals surface area contributed by atoms with Gasteiger partial charge in [0.15, 0.2) is 10.9 Å². The lowest BCUT2D eigenvalue weighted by Gasteiger charge is -2.02. The van der Waals surface area contributed by atoms with Gasteiger partial charge in [0.1, 0.15) is 5.69 Å². The van der Waals surface area contributed by atoms with Crippen molar-refractivity contribution in [3.8, 4) is 11.5 Å². The minimum absolute atomic E-state index is 0.00432. The molecule has 1 saturated carbocycles. The quantitative estimate of drug-likeness (QED) is 0.654. The molecule has 0 bridgehead atoms. The van der Waals surface area contributed by atoms with Crippen LogP contribution in [-0.4, -0.2) is 42.9 Å². The third-order valence-electron chi connectivity index (χ3n) is 4.03. The van der Waals surface area contributed by atoms with E-state index in [4.69, 9.17) is 14.4 Å². The smallest absolute Gasteiger partial charge is 0.475 e. The zero-order valence-electron chi connectivity index (χ0n) is 14.8. The molecule has 3 heterocycles. The molecule has 0 aliphatic heterocycles. The molecule has 154 valence electrons. The van der Waals surface area contributed by atoms with Gasteiger partial charge in [0, 0.05) is 42.2 Å². The summed E-state index contributed by atoms with van der Waals surface area (Å²) in [7, 11) is 1.94. The van der Waals surface area contributed by atoms with E-state index in [1.165, 1.54) is 11.3 Å². The van der Waals surface area contributed by atoms with Crippen molar-refractivity contribution in [3.63, 3.8) is 0 Å². The van der Waals surface area contributed by atoms with Gasteiger partial charge in [-0.1, -0.05) is 5.16 Å². The SMILES string of the molecule is Cn1cncc1[C@@H]1C[C@H]1C(=O)Nc1nc(-c2ccno2)cs1.O=C(O)C(F)(F)F. The van der Waals surface area contributed by atoms with Crippen LogP contribution in [0.2, 0.25) is 0 Å². The second kappa shape index (κ2) is 8.03. The number of carbonyl (C=O) groups excluding carboxylic acids is 1. The van der Waals surface area contributed by atoms with Crippen LogP contribution in [0.3, 0.4) is 0 Å². The monoisotopic (exact) mass is 429 g/mol. The van der Waals surface area contributed by atoms with E-state index in [-0.39, 0.29) is 17.7 Å². The van der Waals surface area contributed by atoms with Gasteiger partial charge in [0.2, 0.25) is 5.91 Å². The maximum atomic E-state index is 12.3. The molecule has 0 spiro atoms. The summed E-state index contributed by atoms with van der Waals surface area (Å²) in [4.78, 5) is 29.6. The topological polar surface area (TPSA) is 123 Å². The number of thiazole rings is 1. The lowest BCUT2D eigenvalue weighted by atomic mass is 10.2. The van der Waals surface area contributed by atoms with Crippen molar-refractivity contribution in [1.29, 1.82) is 0 Å². The van der Waals surface area contributed by atoms with Crippen molar-refractivity contribution in [1.82, 2.24) is 19.7 Å². The fourth-order valence-corrected chi connectivity index (χ4v) is 3.23. The Balaban J connectivity index is 0.000000298. The van der Waals surface area contributed by atoms with Crippen LogP contribution in [0.5, 0.6) is 0 Å². The maximum absolute atomic E-state index is 12.3. The van der Waals surface area contributed by atoms with E-state index in [0.29, 0.717) is 16.6 Å². The molecule has 0 unspecified atom stereocenters. The minimum atomic E-state index is -5.08. The first-order valence-corrected chi connectivity index (χ1v) is 8.98. The van der Waals surface area contributed by atoms with Crippen LogP contribution >= 0.6 is 11.3 Å². The number of hydrogen-bond donors (Lipinski definition) is 2. The van der Waals surface area contributed by atoms with Crippen molar-refractivity contribution in [2.24, 2.45) is 13.0 Å². The Bertz CT molecular complexity index is 999.